The maximum absolute atomic E-state index is 6.62. The van der Waals surface area contributed by atoms with Gasteiger partial charge in [-0.2, -0.15) is 0 Å². The number of methoxy groups -OCH3 is 1. The molecule has 4 heterocycles. The fourth-order valence-corrected chi connectivity index (χ4v) is 16.1. The van der Waals surface area contributed by atoms with Gasteiger partial charge in [0, 0.05) is 32.1 Å². The molecule has 1 aliphatic heterocycles. The summed E-state index contributed by atoms with van der Waals surface area (Å²) in [6.07, 6.45) is 3.67. The largest absolute Gasteiger partial charge is 0.502 e. The second-order valence-electron chi connectivity index (χ2n) is 14.2. The average molecular weight is 1030 g/mol. The Hall–Kier alpha value is -6.17. The molecule has 7 heteroatoms. The van der Waals surface area contributed by atoms with Crippen LogP contribution in [0.2, 0.25) is 0 Å². The Morgan fingerprint density at radius 2 is 1.13 bits per heavy atom. The van der Waals surface area contributed by atoms with Crippen molar-refractivity contribution < 1.29 is 29.6 Å². The maximum Gasteiger partial charge on any atom is 0.169 e. The number of nitrogens with zero attached hydrogens (tertiary/aromatic N) is 2. The Morgan fingerprint density at radius 1 is 0.533 bits per heavy atom. The first-order valence-electron chi connectivity index (χ1n) is 19.5. The van der Waals surface area contributed by atoms with Gasteiger partial charge in [0.2, 0.25) is 0 Å². The number of pyridine rings is 2. The Kier molecular flexibility index (Phi) is 11.3. The quantitative estimate of drug-likeness (QED) is 0.123. The maximum atomic E-state index is 6.62. The van der Waals surface area contributed by atoms with Crippen LogP contribution in [0.3, 0.4) is 0 Å². The monoisotopic (exact) mass is 1030 g/mol. The van der Waals surface area contributed by atoms with Crippen LogP contribution in [0.4, 0.5) is 0 Å². The van der Waals surface area contributed by atoms with E-state index >= 15 is 0 Å². The van der Waals surface area contributed by atoms with Gasteiger partial charge in [-0.25, -0.2) is 0 Å². The first-order valence-corrected chi connectivity index (χ1v) is 23.2. The first-order chi connectivity index (χ1) is 29.2. The molecule has 291 valence electrons. The van der Waals surface area contributed by atoms with Crippen LogP contribution >= 0.6 is 0 Å². The Balaban J connectivity index is 0.000000154. The fourth-order valence-electron chi connectivity index (χ4n) is 8.33. The van der Waals surface area contributed by atoms with Crippen molar-refractivity contribution in [2.75, 3.05) is 7.11 Å². The van der Waals surface area contributed by atoms with Crippen molar-refractivity contribution in [2.24, 2.45) is 0 Å². The second-order valence-corrected chi connectivity index (χ2v) is 20.1. The molecule has 3 aromatic heterocycles. The third kappa shape index (κ3) is 6.95. The van der Waals surface area contributed by atoms with Crippen LogP contribution in [0, 0.1) is 12.1 Å². The summed E-state index contributed by atoms with van der Waals surface area (Å²) < 4.78 is 14.7. The van der Waals surface area contributed by atoms with Gasteiger partial charge in [0.15, 0.2) is 8.07 Å². The number of rotatable bonds is 6. The molecule has 1 aliphatic rings. The number of hydrogen-bond donors (Lipinski definition) is 0. The molecule has 4 nitrogen and oxygen atoms in total. The molecule has 0 bridgehead atoms. The Bertz CT molecular complexity index is 3010. The van der Waals surface area contributed by atoms with E-state index < -0.39 is 8.07 Å². The van der Waals surface area contributed by atoms with Gasteiger partial charge in [-0.1, -0.05) is 102 Å². The zero-order valence-electron chi connectivity index (χ0n) is 32.5. The zero-order valence-corrected chi connectivity index (χ0v) is 37.6. The summed E-state index contributed by atoms with van der Waals surface area (Å²) in [5.41, 5.74) is 6.43. The van der Waals surface area contributed by atoms with E-state index in [0.29, 0.717) is 0 Å². The molecule has 0 saturated carbocycles. The summed E-state index contributed by atoms with van der Waals surface area (Å²) in [6, 6.07) is 72.5. The number of aromatic nitrogens is 2. The van der Waals surface area contributed by atoms with Crippen molar-refractivity contribution in [3.05, 3.63) is 213 Å². The van der Waals surface area contributed by atoms with Crippen LogP contribution in [-0.2, 0) is 20.1 Å². The Labute approximate surface area is 370 Å². The van der Waals surface area contributed by atoms with Crippen molar-refractivity contribution in [1.82, 2.24) is 9.97 Å². The van der Waals surface area contributed by atoms with E-state index in [4.69, 9.17) is 9.47 Å². The normalized spacial score (nSPS) is 12.2. The summed E-state index contributed by atoms with van der Waals surface area (Å²) in [5.74, 6) is 2.66. The van der Waals surface area contributed by atoms with Gasteiger partial charge in [-0.15, -0.1) is 18.2 Å². The van der Waals surface area contributed by atoms with E-state index in [-0.39, 0.29) is 34.6 Å². The first kappa shape index (κ1) is 39.3. The molecule has 7 aromatic carbocycles. The van der Waals surface area contributed by atoms with Crippen LogP contribution < -0.4 is 30.2 Å². The summed E-state index contributed by atoms with van der Waals surface area (Å²) >= 11 is 0.214. The molecule has 0 saturated heterocycles. The van der Waals surface area contributed by atoms with Crippen molar-refractivity contribution in [3.8, 4) is 50.9 Å². The van der Waals surface area contributed by atoms with Gasteiger partial charge in [-0.05, 0) is 33.4 Å². The van der Waals surface area contributed by atoms with Crippen molar-refractivity contribution in [1.29, 1.82) is 0 Å². The van der Waals surface area contributed by atoms with Gasteiger partial charge in [0.05, 0.1) is 0 Å². The molecular formula is C53H36IrN2O2SeSi-2. The van der Waals surface area contributed by atoms with Crippen molar-refractivity contribution >= 4 is 62.6 Å². The molecular weight excluding hydrogens is 996 g/mol. The smallest absolute Gasteiger partial charge is 0.169 e. The average Bonchev–Trinajstić information content (AvgIpc) is 3.71. The van der Waals surface area contributed by atoms with Crippen LogP contribution in [0.5, 0.6) is 17.2 Å². The third-order valence-corrected chi connectivity index (χ3v) is 18.5. The van der Waals surface area contributed by atoms with E-state index in [0.717, 1.165) is 39.8 Å². The molecule has 0 atom stereocenters. The molecule has 10 aromatic rings. The standard InChI is InChI=1S/C29H20NOSi.C24H16NOSe.Ir/c1-3-12-22(13-4-1)32(23-14-5-2-6-15-23)27-19-8-7-18-26(27)31-29-24(16-11-20-28(29)32)25-17-9-10-21-30-25;1-26-17-13-11-16(12-14-17)18-6-4-7-19-20-8-5-9-21(24(20)27-23(18)19)22-10-2-3-15-25-22;/h1-15,17-21H;2-8,10-15H,1H3;/q2*-1;. The van der Waals surface area contributed by atoms with E-state index in [1.165, 1.54) is 51.2 Å². The molecule has 0 N–H and O–H groups in total. The minimum Gasteiger partial charge on any atom is -0.502 e. The SMILES string of the molecule is COc1ccc(-c2cccc3c2[se]c2c(-c4ccccn4)[c-]ccc23)cc1.[Ir].[c-]1ccc2c(c1-c1ccccn1)Oc1ccccc1[Si]2(c1ccccc1)c1ccccc1. The van der Waals surface area contributed by atoms with Crippen LogP contribution in [0.1, 0.15) is 0 Å². The van der Waals surface area contributed by atoms with Gasteiger partial charge in [-0.3, -0.25) is 0 Å². The fraction of sp³-hybridized carbons (Fsp3) is 0.0189. The third-order valence-electron chi connectivity index (χ3n) is 11.0. The van der Waals surface area contributed by atoms with E-state index in [9.17, 15) is 0 Å². The van der Waals surface area contributed by atoms with Crippen LogP contribution in [-0.4, -0.2) is 39.7 Å². The van der Waals surface area contributed by atoms with Gasteiger partial charge < -0.3 is 9.72 Å². The van der Waals surface area contributed by atoms with Crippen LogP contribution in [0.25, 0.3) is 52.9 Å². The van der Waals surface area contributed by atoms with Crippen molar-refractivity contribution in [2.45, 2.75) is 0 Å². The van der Waals surface area contributed by atoms with E-state index in [2.05, 4.69) is 149 Å². The number of para-hydroxylation sites is 1. The number of fused-ring (bicyclic) bond motifs is 5. The van der Waals surface area contributed by atoms with Crippen LogP contribution in [0.15, 0.2) is 200 Å². The molecule has 0 unspecified atom stereocenters. The minimum absolute atomic E-state index is 0. The molecule has 1 radical (unpaired) electrons. The van der Waals surface area contributed by atoms with Crippen molar-refractivity contribution in [3.63, 3.8) is 0 Å². The molecule has 0 spiro atoms. The summed E-state index contributed by atoms with van der Waals surface area (Å²) in [5, 5.41) is 7.82. The number of benzene rings is 7. The molecule has 11 rings (SSSR count). The second kappa shape index (κ2) is 17.2. The van der Waals surface area contributed by atoms with Gasteiger partial charge in [0.25, 0.3) is 0 Å². The summed E-state index contributed by atoms with van der Waals surface area (Å²) in [4.78, 5) is 9.16. The Morgan fingerprint density at radius 3 is 1.80 bits per heavy atom. The van der Waals surface area contributed by atoms with Gasteiger partial charge in [0.1, 0.15) is 5.75 Å². The zero-order chi connectivity index (χ0) is 39.6. The number of ether oxygens (including phenoxy) is 2. The summed E-state index contributed by atoms with van der Waals surface area (Å²) in [6.45, 7) is 0. The van der Waals surface area contributed by atoms with Gasteiger partial charge >= 0.3 is 164 Å². The number of hydrogen-bond acceptors (Lipinski definition) is 4. The molecule has 0 amide bonds. The van der Waals surface area contributed by atoms with E-state index in [1.807, 2.05) is 73.1 Å². The topological polar surface area (TPSA) is 44.2 Å². The minimum atomic E-state index is -2.61. The van der Waals surface area contributed by atoms with E-state index in [1.54, 1.807) is 7.11 Å². The predicted molar refractivity (Wildman–Crippen MR) is 245 cm³/mol. The molecule has 0 aliphatic carbocycles. The summed E-state index contributed by atoms with van der Waals surface area (Å²) in [7, 11) is -0.914. The predicted octanol–water partition coefficient (Wildman–Crippen LogP) is 9.62. The molecule has 0 fully saturated rings. The molecule has 60 heavy (non-hydrogen) atoms.